The fourth-order valence-electron chi connectivity index (χ4n) is 4.22. The molecule has 2 aliphatic rings. The maximum Gasteiger partial charge on any atom is 0.265 e. The molecule has 0 spiro atoms. The lowest BCUT2D eigenvalue weighted by molar-refractivity contribution is -0.122. The Morgan fingerprint density at radius 2 is 1.74 bits per heavy atom. The number of nitrogens with one attached hydrogen (secondary N) is 1. The van der Waals surface area contributed by atoms with Crippen LogP contribution < -0.4 is 15.0 Å². The zero-order chi connectivity index (χ0) is 24.8. The van der Waals surface area contributed by atoms with Crippen molar-refractivity contribution in [1.29, 1.82) is 5.26 Å². The molecule has 1 amide bonds. The number of nitriles is 1. The molecule has 0 saturated carbocycles. The van der Waals surface area contributed by atoms with Crippen LogP contribution in [0.2, 0.25) is 0 Å². The first-order valence-corrected chi connectivity index (χ1v) is 13.3. The predicted molar refractivity (Wildman–Crippen MR) is 132 cm³/mol. The van der Waals surface area contributed by atoms with Crippen molar-refractivity contribution in [2.24, 2.45) is 0 Å². The summed E-state index contributed by atoms with van der Waals surface area (Å²) in [7, 11) is -3.72. The standard InChI is InChI=1S/C25H30N4O5S/c1-19(34-21-7-5-20(18-26)6-8-21)25(30)27-23-17-22(35(31,32)29-13-15-33-16-14-29)9-10-24(23)28-11-3-2-4-12-28/h5-10,17,19H,2-4,11-16H2,1H3,(H,27,30)/t19-/m1/s1. The molecular weight excluding hydrogens is 468 g/mol. The van der Waals surface area contributed by atoms with E-state index >= 15 is 0 Å². The Kier molecular flexibility index (Phi) is 7.90. The quantitative estimate of drug-likeness (QED) is 0.625. The van der Waals surface area contributed by atoms with Crippen molar-refractivity contribution in [3.05, 3.63) is 48.0 Å². The van der Waals surface area contributed by atoms with E-state index in [1.54, 1.807) is 49.4 Å². The van der Waals surface area contributed by atoms with Crippen molar-refractivity contribution < 1.29 is 22.7 Å². The fourth-order valence-corrected chi connectivity index (χ4v) is 5.66. The number of morpholine rings is 1. The number of hydrogen-bond acceptors (Lipinski definition) is 7. The third-order valence-electron chi connectivity index (χ3n) is 6.20. The third-order valence-corrected chi connectivity index (χ3v) is 8.09. The van der Waals surface area contributed by atoms with Crippen LogP contribution in [0, 0.1) is 11.3 Å². The molecule has 1 N–H and O–H groups in total. The second kappa shape index (κ2) is 11.1. The number of carbonyl (C=O) groups is 1. The number of hydrogen-bond donors (Lipinski definition) is 1. The van der Waals surface area contributed by atoms with Gasteiger partial charge in [-0.1, -0.05) is 0 Å². The van der Waals surface area contributed by atoms with E-state index in [1.165, 1.54) is 4.31 Å². The van der Waals surface area contributed by atoms with Gasteiger partial charge in [0, 0.05) is 26.2 Å². The van der Waals surface area contributed by atoms with Crippen molar-refractivity contribution in [3.63, 3.8) is 0 Å². The first-order valence-electron chi connectivity index (χ1n) is 11.8. The van der Waals surface area contributed by atoms with Gasteiger partial charge in [-0.3, -0.25) is 4.79 Å². The van der Waals surface area contributed by atoms with E-state index in [9.17, 15) is 13.2 Å². The van der Waals surface area contributed by atoms with Gasteiger partial charge in [0.2, 0.25) is 10.0 Å². The SMILES string of the molecule is C[C@@H](Oc1ccc(C#N)cc1)C(=O)Nc1cc(S(=O)(=O)N2CCOCC2)ccc1N1CCCCC1. The third kappa shape index (κ3) is 5.93. The summed E-state index contributed by atoms with van der Waals surface area (Å²) in [5, 5.41) is 11.8. The molecule has 10 heteroatoms. The average molecular weight is 499 g/mol. The van der Waals surface area contributed by atoms with Crippen LogP contribution in [0.4, 0.5) is 11.4 Å². The molecule has 2 heterocycles. The van der Waals surface area contributed by atoms with Gasteiger partial charge < -0.3 is 19.7 Å². The lowest BCUT2D eigenvalue weighted by atomic mass is 10.1. The molecule has 1 atom stereocenters. The van der Waals surface area contributed by atoms with Gasteiger partial charge in [-0.25, -0.2) is 8.42 Å². The van der Waals surface area contributed by atoms with Crippen molar-refractivity contribution in [3.8, 4) is 11.8 Å². The van der Waals surface area contributed by atoms with Crippen LogP contribution in [0.5, 0.6) is 5.75 Å². The summed E-state index contributed by atoms with van der Waals surface area (Å²) in [5.74, 6) is 0.0695. The molecule has 2 aromatic carbocycles. The van der Waals surface area contributed by atoms with E-state index in [0.29, 0.717) is 43.3 Å². The van der Waals surface area contributed by atoms with Crippen molar-refractivity contribution in [2.45, 2.75) is 37.2 Å². The molecule has 0 aliphatic carbocycles. The molecule has 0 bridgehead atoms. The van der Waals surface area contributed by atoms with Crippen molar-refractivity contribution in [1.82, 2.24) is 4.31 Å². The van der Waals surface area contributed by atoms with Gasteiger partial charge in [-0.05, 0) is 68.7 Å². The van der Waals surface area contributed by atoms with Crippen molar-refractivity contribution >= 4 is 27.3 Å². The predicted octanol–water partition coefficient (Wildman–Crippen LogP) is 2.98. The smallest absolute Gasteiger partial charge is 0.265 e. The van der Waals surface area contributed by atoms with Crippen LogP contribution in [0.25, 0.3) is 0 Å². The van der Waals surface area contributed by atoms with Crippen LogP contribution in [-0.2, 0) is 19.6 Å². The summed E-state index contributed by atoms with van der Waals surface area (Å²) < 4.78 is 38.9. The Morgan fingerprint density at radius 3 is 2.40 bits per heavy atom. The Bertz CT molecular complexity index is 1180. The van der Waals surface area contributed by atoms with Gasteiger partial charge in [0.05, 0.1) is 41.1 Å². The number of amides is 1. The number of anilines is 2. The molecule has 186 valence electrons. The van der Waals surface area contributed by atoms with Crippen LogP contribution in [0.15, 0.2) is 47.4 Å². The number of nitrogens with zero attached hydrogens (tertiary/aromatic N) is 3. The van der Waals surface area contributed by atoms with Gasteiger partial charge in [-0.2, -0.15) is 9.57 Å². The van der Waals surface area contributed by atoms with Gasteiger partial charge in [-0.15, -0.1) is 0 Å². The summed E-state index contributed by atoms with van der Waals surface area (Å²) in [4.78, 5) is 15.4. The molecular formula is C25H30N4O5S. The van der Waals surface area contributed by atoms with E-state index in [-0.39, 0.29) is 4.90 Å². The minimum Gasteiger partial charge on any atom is -0.481 e. The first-order chi connectivity index (χ1) is 16.9. The highest BCUT2D eigenvalue weighted by molar-refractivity contribution is 7.89. The maximum atomic E-state index is 13.2. The van der Waals surface area contributed by atoms with Gasteiger partial charge in [0.1, 0.15) is 5.75 Å². The van der Waals surface area contributed by atoms with E-state index in [4.69, 9.17) is 14.7 Å². The molecule has 0 aromatic heterocycles. The summed E-state index contributed by atoms with van der Waals surface area (Å²) >= 11 is 0. The fraction of sp³-hybridized carbons (Fsp3) is 0.440. The summed E-state index contributed by atoms with van der Waals surface area (Å²) in [5.41, 5.74) is 1.74. The lowest BCUT2D eigenvalue weighted by Gasteiger charge is -2.31. The molecule has 35 heavy (non-hydrogen) atoms. The zero-order valence-corrected chi connectivity index (χ0v) is 20.6. The molecule has 2 aromatic rings. The topological polar surface area (TPSA) is 112 Å². The van der Waals surface area contributed by atoms with E-state index in [1.807, 2.05) is 6.07 Å². The molecule has 2 fully saturated rings. The van der Waals surface area contributed by atoms with Gasteiger partial charge in [0.15, 0.2) is 6.10 Å². The minimum absolute atomic E-state index is 0.135. The second-order valence-corrected chi connectivity index (χ2v) is 10.6. The average Bonchev–Trinajstić information content (AvgIpc) is 2.90. The summed E-state index contributed by atoms with van der Waals surface area (Å²) in [6.45, 7) is 4.63. The number of piperidine rings is 1. The maximum absolute atomic E-state index is 13.2. The summed E-state index contributed by atoms with van der Waals surface area (Å²) in [6.07, 6.45) is 2.40. The van der Waals surface area contributed by atoms with Gasteiger partial charge >= 0.3 is 0 Å². The summed E-state index contributed by atoms with van der Waals surface area (Å²) in [6, 6.07) is 13.5. The number of carbonyl (C=O) groups excluding carboxylic acids is 1. The number of sulfonamides is 1. The molecule has 4 rings (SSSR count). The largest absolute Gasteiger partial charge is 0.481 e. The monoisotopic (exact) mass is 498 g/mol. The normalized spacial score (nSPS) is 17.9. The Balaban J connectivity index is 1.58. The number of rotatable bonds is 7. The van der Waals surface area contributed by atoms with E-state index in [2.05, 4.69) is 10.2 Å². The van der Waals surface area contributed by atoms with Gasteiger partial charge in [0.25, 0.3) is 5.91 Å². The number of ether oxygens (including phenoxy) is 2. The molecule has 2 aliphatic heterocycles. The molecule has 0 unspecified atom stereocenters. The number of benzene rings is 2. The second-order valence-electron chi connectivity index (χ2n) is 8.63. The van der Waals surface area contributed by atoms with Crippen LogP contribution >= 0.6 is 0 Å². The van der Waals surface area contributed by atoms with E-state index < -0.39 is 22.0 Å². The Labute approximate surface area is 206 Å². The van der Waals surface area contributed by atoms with Crippen LogP contribution in [-0.4, -0.2) is 64.1 Å². The van der Waals surface area contributed by atoms with Crippen molar-refractivity contribution in [2.75, 3.05) is 49.6 Å². The van der Waals surface area contributed by atoms with Crippen LogP contribution in [0.3, 0.4) is 0 Å². The van der Waals surface area contributed by atoms with E-state index in [0.717, 1.165) is 38.0 Å². The molecule has 9 nitrogen and oxygen atoms in total. The van der Waals surface area contributed by atoms with Crippen LogP contribution in [0.1, 0.15) is 31.7 Å². The Morgan fingerprint density at radius 1 is 1.06 bits per heavy atom. The lowest BCUT2D eigenvalue weighted by Crippen LogP contribution is -2.40. The zero-order valence-electron chi connectivity index (χ0n) is 19.8. The first kappa shape index (κ1) is 25.0. The molecule has 0 radical (unpaired) electrons. The minimum atomic E-state index is -3.72. The highest BCUT2D eigenvalue weighted by Gasteiger charge is 2.28. The Hall–Kier alpha value is -3.13. The highest BCUT2D eigenvalue weighted by Crippen LogP contribution is 2.32. The highest BCUT2D eigenvalue weighted by atomic mass is 32.2. The molecule has 2 saturated heterocycles.